The summed E-state index contributed by atoms with van der Waals surface area (Å²) in [6.45, 7) is 2.24. The molecule has 1 aliphatic rings. The average molecular weight is 312 g/mol. The molecule has 0 heterocycles. The Morgan fingerprint density at radius 2 is 2.00 bits per heavy atom. The Labute approximate surface area is 116 Å². The van der Waals surface area contributed by atoms with Crippen molar-refractivity contribution in [3.05, 3.63) is 28.2 Å². The van der Waals surface area contributed by atoms with Gasteiger partial charge in [-0.2, -0.15) is 0 Å². The molecule has 2 rings (SSSR count). The van der Waals surface area contributed by atoms with Crippen molar-refractivity contribution in [1.29, 1.82) is 0 Å². The van der Waals surface area contributed by atoms with Crippen LogP contribution in [0.4, 0.5) is 5.69 Å². The van der Waals surface area contributed by atoms with Crippen molar-refractivity contribution in [3.63, 3.8) is 0 Å². The monoisotopic (exact) mass is 311 g/mol. The third-order valence-electron chi connectivity index (χ3n) is 3.47. The zero-order chi connectivity index (χ0) is 13.1. The topological polar surface area (TPSA) is 52.3 Å². The fourth-order valence-corrected chi connectivity index (χ4v) is 2.48. The molecule has 1 aromatic carbocycles. The average Bonchev–Trinajstić information content (AvgIpc) is 2.35. The first-order valence-corrected chi connectivity index (χ1v) is 7.11. The maximum Gasteiger partial charge on any atom is 0.338 e. The van der Waals surface area contributed by atoms with Crippen LogP contribution in [0.15, 0.2) is 22.7 Å². The van der Waals surface area contributed by atoms with Crippen molar-refractivity contribution >= 4 is 27.6 Å². The Kier molecular flexibility index (Phi) is 4.27. The van der Waals surface area contributed by atoms with Crippen molar-refractivity contribution in [1.82, 2.24) is 0 Å². The van der Waals surface area contributed by atoms with Crippen molar-refractivity contribution < 1.29 is 9.53 Å². The van der Waals surface area contributed by atoms with E-state index >= 15 is 0 Å². The maximum atomic E-state index is 12.0. The number of benzene rings is 1. The fourth-order valence-electron chi connectivity index (χ4n) is 2.24. The Balaban J connectivity index is 1.97. The van der Waals surface area contributed by atoms with E-state index in [1.807, 2.05) is 0 Å². The molecular weight excluding hydrogens is 294 g/mol. The van der Waals surface area contributed by atoms with E-state index in [0.717, 1.165) is 36.1 Å². The van der Waals surface area contributed by atoms with Gasteiger partial charge in [-0.15, -0.1) is 0 Å². The summed E-state index contributed by atoms with van der Waals surface area (Å²) >= 11 is 3.31. The Bertz CT molecular complexity index is 439. The van der Waals surface area contributed by atoms with Crippen LogP contribution >= 0.6 is 15.9 Å². The number of esters is 1. The quantitative estimate of drug-likeness (QED) is 0.668. The summed E-state index contributed by atoms with van der Waals surface area (Å²) < 4.78 is 6.31. The van der Waals surface area contributed by atoms with Crippen LogP contribution in [0.25, 0.3) is 0 Å². The molecule has 1 fully saturated rings. The number of carbonyl (C=O) groups is 1. The number of hydrogen-bond donors (Lipinski definition) is 1. The second-order valence-electron chi connectivity index (χ2n) is 5.02. The summed E-state index contributed by atoms with van der Waals surface area (Å²) in [7, 11) is 0. The van der Waals surface area contributed by atoms with Crippen molar-refractivity contribution in [2.24, 2.45) is 5.92 Å². The van der Waals surface area contributed by atoms with Gasteiger partial charge in [-0.25, -0.2) is 4.79 Å². The van der Waals surface area contributed by atoms with Gasteiger partial charge in [-0.3, -0.25) is 0 Å². The van der Waals surface area contributed by atoms with Gasteiger partial charge in [-0.05, 0) is 65.7 Å². The summed E-state index contributed by atoms with van der Waals surface area (Å²) in [5, 5.41) is 0. The van der Waals surface area contributed by atoms with E-state index in [0.29, 0.717) is 11.3 Å². The highest BCUT2D eigenvalue weighted by Gasteiger charge is 2.22. The Morgan fingerprint density at radius 3 is 2.61 bits per heavy atom. The van der Waals surface area contributed by atoms with Crippen LogP contribution in [0, 0.1) is 5.92 Å². The smallest absolute Gasteiger partial charge is 0.338 e. The van der Waals surface area contributed by atoms with Crippen LogP contribution in [-0.2, 0) is 4.74 Å². The first kappa shape index (κ1) is 13.4. The lowest BCUT2D eigenvalue weighted by molar-refractivity contribution is 0.0174. The minimum absolute atomic E-state index is 0.0681. The van der Waals surface area contributed by atoms with Crippen LogP contribution in [0.3, 0.4) is 0 Å². The summed E-state index contributed by atoms with van der Waals surface area (Å²) in [4.78, 5) is 12.0. The molecule has 0 bridgehead atoms. The first-order valence-electron chi connectivity index (χ1n) is 6.32. The molecule has 0 aliphatic heterocycles. The third kappa shape index (κ3) is 3.25. The van der Waals surface area contributed by atoms with Crippen LogP contribution in [0.1, 0.15) is 43.0 Å². The van der Waals surface area contributed by atoms with Crippen molar-refractivity contribution in [2.45, 2.75) is 38.7 Å². The van der Waals surface area contributed by atoms with Gasteiger partial charge in [0, 0.05) is 10.2 Å². The number of nitrogens with two attached hydrogens (primary N) is 1. The van der Waals surface area contributed by atoms with Crippen LogP contribution in [0.5, 0.6) is 0 Å². The third-order valence-corrected chi connectivity index (χ3v) is 4.19. The van der Waals surface area contributed by atoms with E-state index in [-0.39, 0.29) is 12.1 Å². The molecular formula is C14H18BrNO2. The summed E-state index contributed by atoms with van der Waals surface area (Å²) in [5.41, 5.74) is 6.83. The highest BCUT2D eigenvalue weighted by Crippen LogP contribution is 2.27. The van der Waals surface area contributed by atoms with Gasteiger partial charge in [0.25, 0.3) is 0 Å². The Morgan fingerprint density at radius 1 is 1.33 bits per heavy atom. The summed E-state index contributed by atoms with van der Waals surface area (Å²) in [6.07, 6.45) is 4.29. The molecule has 18 heavy (non-hydrogen) atoms. The summed E-state index contributed by atoms with van der Waals surface area (Å²) in [6, 6.07) is 5.15. The van der Waals surface area contributed by atoms with Crippen LogP contribution in [-0.4, -0.2) is 12.1 Å². The number of rotatable bonds is 2. The number of hydrogen-bond acceptors (Lipinski definition) is 3. The second kappa shape index (κ2) is 5.74. The van der Waals surface area contributed by atoms with Crippen LogP contribution in [0.2, 0.25) is 0 Å². The number of ether oxygens (including phenoxy) is 1. The number of halogens is 1. The lowest BCUT2D eigenvalue weighted by Crippen LogP contribution is -2.23. The minimum atomic E-state index is -0.270. The molecule has 0 saturated heterocycles. The molecule has 0 radical (unpaired) electrons. The van der Waals surface area contributed by atoms with Gasteiger partial charge in [-0.1, -0.05) is 6.92 Å². The molecule has 4 heteroatoms. The zero-order valence-electron chi connectivity index (χ0n) is 10.5. The van der Waals surface area contributed by atoms with E-state index < -0.39 is 0 Å². The molecule has 0 amide bonds. The Hall–Kier alpha value is -1.03. The molecule has 1 aromatic rings. The lowest BCUT2D eigenvalue weighted by atomic mass is 9.89. The van der Waals surface area contributed by atoms with Gasteiger partial charge in [0.1, 0.15) is 6.10 Å². The van der Waals surface area contributed by atoms with Gasteiger partial charge >= 0.3 is 5.97 Å². The van der Waals surface area contributed by atoms with Gasteiger partial charge in [0.15, 0.2) is 0 Å². The van der Waals surface area contributed by atoms with Crippen molar-refractivity contribution in [2.75, 3.05) is 5.73 Å². The lowest BCUT2D eigenvalue weighted by Gasteiger charge is -2.26. The van der Waals surface area contributed by atoms with E-state index in [4.69, 9.17) is 10.5 Å². The predicted octanol–water partition coefficient (Wildman–Crippen LogP) is 3.77. The highest BCUT2D eigenvalue weighted by molar-refractivity contribution is 9.10. The van der Waals surface area contributed by atoms with E-state index in [9.17, 15) is 4.79 Å². The van der Waals surface area contributed by atoms with Crippen molar-refractivity contribution in [3.8, 4) is 0 Å². The molecule has 0 atom stereocenters. The SMILES string of the molecule is CC1CCC(OC(=O)c2ccc(Br)c(N)c2)CC1. The van der Waals surface area contributed by atoms with E-state index in [1.54, 1.807) is 18.2 Å². The standard InChI is InChI=1S/C14H18BrNO2/c1-9-2-5-11(6-3-9)18-14(17)10-4-7-12(15)13(16)8-10/h4,7-9,11H,2-3,5-6,16H2,1H3. The van der Waals surface area contributed by atoms with Gasteiger partial charge in [0.05, 0.1) is 5.56 Å². The number of nitrogen functional groups attached to an aromatic ring is 1. The first-order chi connectivity index (χ1) is 8.56. The number of carbonyl (C=O) groups excluding carboxylic acids is 1. The zero-order valence-corrected chi connectivity index (χ0v) is 12.1. The largest absolute Gasteiger partial charge is 0.459 e. The molecule has 2 N–H and O–H groups in total. The highest BCUT2D eigenvalue weighted by atomic mass is 79.9. The predicted molar refractivity (Wildman–Crippen MR) is 75.4 cm³/mol. The second-order valence-corrected chi connectivity index (χ2v) is 5.88. The fraction of sp³-hybridized carbons (Fsp3) is 0.500. The molecule has 1 aliphatic carbocycles. The van der Waals surface area contributed by atoms with E-state index in [1.165, 1.54) is 0 Å². The minimum Gasteiger partial charge on any atom is -0.459 e. The molecule has 0 unspecified atom stereocenters. The normalized spacial score (nSPS) is 23.7. The van der Waals surface area contributed by atoms with Gasteiger partial charge in [0.2, 0.25) is 0 Å². The van der Waals surface area contributed by atoms with E-state index in [2.05, 4.69) is 22.9 Å². The maximum absolute atomic E-state index is 12.0. The number of anilines is 1. The van der Waals surface area contributed by atoms with Crippen LogP contribution < -0.4 is 5.73 Å². The molecule has 0 spiro atoms. The molecule has 98 valence electrons. The van der Waals surface area contributed by atoms with Gasteiger partial charge < -0.3 is 10.5 Å². The molecule has 1 saturated carbocycles. The molecule has 0 aromatic heterocycles. The summed E-state index contributed by atoms with van der Waals surface area (Å²) in [5.74, 6) is 0.483. The molecule has 3 nitrogen and oxygen atoms in total.